The van der Waals surface area contributed by atoms with Gasteiger partial charge in [-0.05, 0) is 44.0 Å². The molecule has 24 heavy (non-hydrogen) atoms. The van der Waals surface area contributed by atoms with Crippen molar-refractivity contribution in [1.82, 2.24) is 9.21 Å². The minimum absolute atomic E-state index is 0.470. The molecule has 2 aromatic rings. The third-order valence-electron chi connectivity index (χ3n) is 4.42. The highest BCUT2D eigenvalue weighted by Gasteiger charge is 2.29. The predicted octanol–water partition coefficient (Wildman–Crippen LogP) is 3.00. The summed E-state index contributed by atoms with van der Waals surface area (Å²) in [5, 5.41) is 0. The molecule has 0 amide bonds. The first kappa shape index (κ1) is 17.6. The first-order valence-corrected chi connectivity index (χ1v) is 10.6. The highest BCUT2D eigenvalue weighted by Crippen LogP contribution is 2.25. The van der Waals surface area contributed by atoms with Crippen molar-refractivity contribution in [1.29, 1.82) is 0 Å². The molecule has 0 N–H and O–H groups in total. The van der Waals surface area contributed by atoms with E-state index in [4.69, 9.17) is 0 Å². The Balaban J connectivity index is 1.47. The van der Waals surface area contributed by atoms with E-state index in [2.05, 4.69) is 29.2 Å². The summed E-state index contributed by atoms with van der Waals surface area (Å²) in [6.45, 7) is 5.78. The Hall–Kier alpha value is -1.21. The van der Waals surface area contributed by atoms with Crippen molar-refractivity contribution in [3.05, 3.63) is 52.9 Å². The summed E-state index contributed by atoms with van der Waals surface area (Å²) in [7, 11) is -3.30. The Kier molecular flexibility index (Phi) is 5.71. The van der Waals surface area contributed by atoms with Crippen molar-refractivity contribution in [2.45, 2.75) is 24.0 Å². The summed E-state index contributed by atoms with van der Waals surface area (Å²) >= 11 is 1.36. The van der Waals surface area contributed by atoms with Crippen LogP contribution in [-0.4, -0.2) is 50.3 Å². The predicted molar refractivity (Wildman–Crippen MR) is 99.0 cm³/mol. The van der Waals surface area contributed by atoms with Crippen molar-refractivity contribution in [2.75, 3.05) is 32.7 Å². The first-order chi connectivity index (χ1) is 11.6. The van der Waals surface area contributed by atoms with Crippen molar-refractivity contribution < 1.29 is 8.42 Å². The maximum absolute atomic E-state index is 12.6. The number of hydrogen-bond donors (Lipinski definition) is 0. The number of benzene rings is 1. The van der Waals surface area contributed by atoms with Gasteiger partial charge in [0.15, 0.2) is 0 Å². The molecule has 2 heterocycles. The molecule has 1 aromatic heterocycles. The standard InChI is InChI=1S/C18H24N2O2S2/c1-16-9-10-18(23-16)24(21,22)20-14-12-19(13-15-20)11-5-8-17-6-3-2-4-7-17/h2-4,6-7,9-10H,5,8,11-15H2,1H3. The average Bonchev–Trinajstić information content (AvgIpc) is 3.04. The second-order valence-electron chi connectivity index (χ2n) is 6.20. The van der Waals surface area contributed by atoms with Crippen LogP contribution in [0.3, 0.4) is 0 Å². The third-order valence-corrected chi connectivity index (χ3v) is 7.79. The smallest absolute Gasteiger partial charge is 0.252 e. The van der Waals surface area contributed by atoms with E-state index in [9.17, 15) is 8.42 Å². The largest absolute Gasteiger partial charge is 0.301 e. The Morgan fingerprint density at radius 1 is 1.00 bits per heavy atom. The summed E-state index contributed by atoms with van der Waals surface area (Å²) in [6, 6.07) is 14.1. The molecule has 130 valence electrons. The number of aryl methyl sites for hydroxylation is 2. The zero-order valence-corrected chi connectivity index (χ0v) is 15.7. The van der Waals surface area contributed by atoms with Crippen LogP contribution in [0, 0.1) is 6.92 Å². The van der Waals surface area contributed by atoms with Gasteiger partial charge in [0.1, 0.15) is 4.21 Å². The molecule has 0 aliphatic carbocycles. The van der Waals surface area contributed by atoms with Gasteiger partial charge in [-0.1, -0.05) is 30.3 Å². The van der Waals surface area contributed by atoms with E-state index in [0.29, 0.717) is 17.3 Å². The topological polar surface area (TPSA) is 40.6 Å². The van der Waals surface area contributed by atoms with Crippen LogP contribution in [0.4, 0.5) is 0 Å². The number of nitrogens with zero attached hydrogens (tertiary/aromatic N) is 2. The molecule has 1 aliphatic heterocycles. The lowest BCUT2D eigenvalue weighted by molar-refractivity contribution is 0.187. The van der Waals surface area contributed by atoms with Gasteiger partial charge in [0.05, 0.1) is 0 Å². The van der Waals surface area contributed by atoms with Crippen LogP contribution in [0.1, 0.15) is 16.9 Å². The van der Waals surface area contributed by atoms with E-state index in [1.54, 1.807) is 10.4 Å². The van der Waals surface area contributed by atoms with E-state index in [1.165, 1.54) is 16.9 Å². The molecule has 4 nitrogen and oxygen atoms in total. The van der Waals surface area contributed by atoms with Crippen molar-refractivity contribution in [2.24, 2.45) is 0 Å². The second-order valence-corrected chi connectivity index (χ2v) is 9.65. The Labute approximate surface area is 148 Å². The minimum atomic E-state index is -3.30. The third kappa shape index (κ3) is 4.25. The molecule has 1 aliphatic rings. The fourth-order valence-corrected chi connectivity index (χ4v) is 5.88. The molecule has 6 heteroatoms. The van der Waals surface area contributed by atoms with Crippen molar-refractivity contribution >= 4 is 21.4 Å². The molecule has 1 saturated heterocycles. The summed E-state index contributed by atoms with van der Waals surface area (Å²) in [4.78, 5) is 3.40. The van der Waals surface area contributed by atoms with E-state index in [1.807, 2.05) is 19.1 Å². The lowest BCUT2D eigenvalue weighted by Gasteiger charge is -2.33. The minimum Gasteiger partial charge on any atom is -0.301 e. The van der Waals surface area contributed by atoms with Crippen molar-refractivity contribution in [3.8, 4) is 0 Å². The van der Waals surface area contributed by atoms with E-state index < -0.39 is 10.0 Å². The van der Waals surface area contributed by atoms with Gasteiger partial charge in [-0.25, -0.2) is 8.42 Å². The van der Waals surface area contributed by atoms with Crippen molar-refractivity contribution in [3.63, 3.8) is 0 Å². The first-order valence-electron chi connectivity index (χ1n) is 8.38. The SMILES string of the molecule is Cc1ccc(S(=O)(=O)N2CCN(CCCc3ccccc3)CC2)s1. The maximum atomic E-state index is 12.6. The zero-order valence-electron chi connectivity index (χ0n) is 14.0. The number of rotatable bonds is 6. The molecule has 0 spiro atoms. The molecule has 0 unspecified atom stereocenters. The molecule has 0 atom stereocenters. The molecule has 0 saturated carbocycles. The van der Waals surface area contributed by atoms with E-state index in [0.717, 1.165) is 37.4 Å². The number of hydrogen-bond acceptors (Lipinski definition) is 4. The van der Waals surface area contributed by atoms with Gasteiger partial charge in [-0.15, -0.1) is 11.3 Å². The van der Waals surface area contributed by atoms with Gasteiger partial charge >= 0.3 is 0 Å². The molecular weight excluding hydrogens is 340 g/mol. The highest BCUT2D eigenvalue weighted by atomic mass is 32.2. The molecule has 0 bridgehead atoms. The Morgan fingerprint density at radius 3 is 2.33 bits per heavy atom. The van der Waals surface area contributed by atoms with Crippen LogP contribution >= 0.6 is 11.3 Å². The van der Waals surface area contributed by atoms with Crippen LogP contribution < -0.4 is 0 Å². The summed E-state index contributed by atoms with van der Waals surface area (Å²) in [5.41, 5.74) is 1.37. The quantitative estimate of drug-likeness (QED) is 0.791. The summed E-state index contributed by atoms with van der Waals surface area (Å²) < 4.78 is 27.3. The lowest BCUT2D eigenvalue weighted by Crippen LogP contribution is -2.48. The van der Waals surface area contributed by atoms with Crippen LogP contribution in [-0.2, 0) is 16.4 Å². The number of thiophene rings is 1. The molecule has 1 aromatic carbocycles. The van der Waals surface area contributed by atoms with Gasteiger partial charge in [0.2, 0.25) is 0 Å². The van der Waals surface area contributed by atoms with Gasteiger partial charge in [0, 0.05) is 31.1 Å². The van der Waals surface area contributed by atoms with Gasteiger partial charge < -0.3 is 4.90 Å². The average molecular weight is 365 g/mol. The normalized spacial score (nSPS) is 17.2. The fourth-order valence-electron chi connectivity index (χ4n) is 3.02. The van der Waals surface area contributed by atoms with Gasteiger partial charge in [-0.2, -0.15) is 4.31 Å². The lowest BCUT2D eigenvalue weighted by atomic mass is 10.1. The zero-order chi connectivity index (χ0) is 17.0. The Morgan fingerprint density at radius 2 is 1.71 bits per heavy atom. The highest BCUT2D eigenvalue weighted by molar-refractivity contribution is 7.91. The van der Waals surface area contributed by atoms with E-state index in [-0.39, 0.29) is 0 Å². The summed E-state index contributed by atoms with van der Waals surface area (Å²) in [6.07, 6.45) is 2.19. The molecule has 1 fully saturated rings. The van der Waals surface area contributed by atoms with E-state index >= 15 is 0 Å². The molecule has 3 rings (SSSR count). The van der Waals surface area contributed by atoms with Crippen LogP contribution in [0.5, 0.6) is 0 Å². The maximum Gasteiger partial charge on any atom is 0.252 e. The van der Waals surface area contributed by atoms with Crippen LogP contribution in [0.2, 0.25) is 0 Å². The molecular formula is C18H24N2O2S2. The fraction of sp³-hybridized carbons (Fsp3) is 0.444. The van der Waals surface area contributed by atoms with Gasteiger partial charge in [0.25, 0.3) is 10.0 Å². The second kappa shape index (κ2) is 7.78. The molecule has 0 radical (unpaired) electrons. The summed E-state index contributed by atoms with van der Waals surface area (Å²) in [5.74, 6) is 0. The number of piperazine rings is 1. The number of sulfonamides is 1. The Bertz CT molecular complexity index is 748. The van der Waals surface area contributed by atoms with Gasteiger partial charge in [-0.3, -0.25) is 0 Å². The van der Waals surface area contributed by atoms with Crippen LogP contribution in [0.25, 0.3) is 0 Å². The van der Waals surface area contributed by atoms with Crippen LogP contribution in [0.15, 0.2) is 46.7 Å². The monoisotopic (exact) mass is 364 g/mol.